The van der Waals surface area contributed by atoms with Gasteiger partial charge in [-0.1, -0.05) is 11.6 Å². The number of halogens is 1. The third-order valence-corrected chi connectivity index (χ3v) is 4.14. The van der Waals surface area contributed by atoms with Crippen molar-refractivity contribution in [2.24, 2.45) is 0 Å². The highest BCUT2D eigenvalue weighted by Crippen LogP contribution is 2.31. The van der Waals surface area contributed by atoms with Gasteiger partial charge < -0.3 is 14.7 Å². The molecule has 106 valence electrons. The van der Waals surface area contributed by atoms with Gasteiger partial charge in [-0.15, -0.1) is 0 Å². The molecule has 1 atom stereocenters. The average Bonchev–Trinajstić information content (AvgIpc) is 2.52. The summed E-state index contributed by atoms with van der Waals surface area (Å²) in [6, 6.07) is 5.58. The van der Waals surface area contributed by atoms with Crippen LogP contribution < -0.4 is 4.74 Å². The van der Waals surface area contributed by atoms with Crippen LogP contribution in [-0.2, 0) is 6.42 Å². The molecule has 1 aromatic carbocycles. The van der Waals surface area contributed by atoms with E-state index in [4.69, 9.17) is 16.3 Å². The summed E-state index contributed by atoms with van der Waals surface area (Å²) in [6.07, 6.45) is 3.24. The Kier molecular flexibility index (Phi) is 4.71. The first-order chi connectivity index (χ1) is 9.02. The lowest BCUT2D eigenvalue weighted by molar-refractivity contribution is 0.0258. The monoisotopic (exact) mass is 283 g/mol. The fraction of sp³-hybridized carbons (Fsp3) is 0.600. The molecule has 0 radical (unpaired) electrons. The molecule has 1 aliphatic rings. The molecule has 1 N–H and O–H groups in total. The molecule has 4 heteroatoms. The molecule has 0 spiro atoms. The molecule has 1 aromatic rings. The highest BCUT2D eigenvalue weighted by Gasteiger charge is 2.30. The van der Waals surface area contributed by atoms with Gasteiger partial charge in [0.1, 0.15) is 5.75 Å². The molecule has 1 heterocycles. The number of benzene rings is 1. The predicted molar refractivity (Wildman–Crippen MR) is 78.0 cm³/mol. The van der Waals surface area contributed by atoms with E-state index in [1.54, 1.807) is 7.11 Å². The fourth-order valence-electron chi connectivity index (χ4n) is 2.73. The third kappa shape index (κ3) is 3.85. The van der Waals surface area contributed by atoms with Crippen LogP contribution in [-0.4, -0.2) is 42.9 Å². The van der Waals surface area contributed by atoms with Crippen molar-refractivity contribution in [1.29, 1.82) is 0 Å². The number of ether oxygens (including phenoxy) is 1. The second-order valence-corrected chi connectivity index (χ2v) is 5.95. The summed E-state index contributed by atoms with van der Waals surface area (Å²) in [6.45, 7) is 1.98. The Bertz CT molecular complexity index is 438. The maximum atomic E-state index is 10.8. The standard InChI is InChI=1S/C15H22ClNO2/c1-17-8-3-6-15(18,7-9-17)11-12-10-13(16)4-5-14(12)19-2/h4-5,10,18H,3,6-9,11H2,1-2H3. The van der Waals surface area contributed by atoms with Crippen molar-refractivity contribution in [2.45, 2.75) is 31.3 Å². The van der Waals surface area contributed by atoms with Crippen LogP contribution >= 0.6 is 11.6 Å². The maximum Gasteiger partial charge on any atom is 0.122 e. The maximum absolute atomic E-state index is 10.8. The van der Waals surface area contributed by atoms with Crippen LogP contribution in [0.2, 0.25) is 5.02 Å². The number of aliphatic hydroxyl groups is 1. The molecule has 3 nitrogen and oxygen atoms in total. The minimum atomic E-state index is -0.650. The molecule has 2 rings (SSSR count). The molecule has 0 saturated carbocycles. The van der Waals surface area contributed by atoms with Gasteiger partial charge in [0, 0.05) is 18.0 Å². The van der Waals surface area contributed by atoms with Crippen LogP contribution in [0.4, 0.5) is 0 Å². The van der Waals surface area contributed by atoms with Crippen LogP contribution in [0.25, 0.3) is 0 Å². The first-order valence-corrected chi connectivity index (χ1v) is 7.13. The van der Waals surface area contributed by atoms with Gasteiger partial charge in [0.05, 0.1) is 12.7 Å². The Hall–Kier alpha value is -0.770. The van der Waals surface area contributed by atoms with Crippen LogP contribution in [0.3, 0.4) is 0 Å². The summed E-state index contributed by atoms with van der Waals surface area (Å²) in [5.74, 6) is 0.801. The lowest BCUT2D eigenvalue weighted by Crippen LogP contribution is -2.33. The average molecular weight is 284 g/mol. The number of nitrogens with zero attached hydrogens (tertiary/aromatic N) is 1. The van der Waals surface area contributed by atoms with Gasteiger partial charge in [-0.05, 0) is 56.6 Å². The molecule has 1 unspecified atom stereocenters. The van der Waals surface area contributed by atoms with Crippen molar-refractivity contribution in [3.05, 3.63) is 28.8 Å². The largest absolute Gasteiger partial charge is 0.496 e. The normalized spacial score (nSPS) is 25.1. The van der Waals surface area contributed by atoms with Gasteiger partial charge >= 0.3 is 0 Å². The van der Waals surface area contributed by atoms with E-state index in [1.165, 1.54) is 0 Å². The van der Waals surface area contributed by atoms with E-state index in [2.05, 4.69) is 11.9 Å². The zero-order valence-corrected chi connectivity index (χ0v) is 12.4. The van der Waals surface area contributed by atoms with E-state index in [-0.39, 0.29) is 0 Å². The molecule has 19 heavy (non-hydrogen) atoms. The highest BCUT2D eigenvalue weighted by atomic mass is 35.5. The first-order valence-electron chi connectivity index (χ1n) is 6.76. The Morgan fingerprint density at radius 1 is 1.37 bits per heavy atom. The van der Waals surface area contributed by atoms with Gasteiger partial charge in [0.25, 0.3) is 0 Å². The van der Waals surface area contributed by atoms with Crippen molar-refractivity contribution < 1.29 is 9.84 Å². The summed E-state index contributed by atoms with van der Waals surface area (Å²) < 4.78 is 5.36. The highest BCUT2D eigenvalue weighted by molar-refractivity contribution is 6.30. The number of rotatable bonds is 3. The van der Waals surface area contributed by atoms with E-state index in [0.717, 1.165) is 43.7 Å². The summed E-state index contributed by atoms with van der Waals surface area (Å²) in [7, 11) is 3.75. The molecule has 1 fully saturated rings. The Morgan fingerprint density at radius 2 is 2.16 bits per heavy atom. The number of methoxy groups -OCH3 is 1. The molecule has 0 amide bonds. The smallest absolute Gasteiger partial charge is 0.122 e. The van der Waals surface area contributed by atoms with E-state index in [1.807, 2.05) is 18.2 Å². The molecule has 0 bridgehead atoms. The molecule has 1 saturated heterocycles. The zero-order valence-electron chi connectivity index (χ0n) is 11.7. The lowest BCUT2D eigenvalue weighted by Gasteiger charge is -2.27. The van der Waals surface area contributed by atoms with Crippen LogP contribution in [0.15, 0.2) is 18.2 Å². The second kappa shape index (κ2) is 6.12. The van der Waals surface area contributed by atoms with Crippen molar-refractivity contribution in [3.8, 4) is 5.75 Å². The van der Waals surface area contributed by atoms with Crippen LogP contribution in [0.1, 0.15) is 24.8 Å². The number of hydrogen-bond acceptors (Lipinski definition) is 3. The van der Waals surface area contributed by atoms with Crippen LogP contribution in [0.5, 0.6) is 5.75 Å². The van der Waals surface area contributed by atoms with Gasteiger partial charge in [-0.3, -0.25) is 0 Å². The molecule has 0 aliphatic carbocycles. The molecule has 0 aromatic heterocycles. The summed E-state index contributed by atoms with van der Waals surface area (Å²) in [4.78, 5) is 2.27. The van der Waals surface area contributed by atoms with Crippen LogP contribution in [0, 0.1) is 0 Å². The second-order valence-electron chi connectivity index (χ2n) is 5.51. The van der Waals surface area contributed by atoms with E-state index in [0.29, 0.717) is 11.4 Å². The minimum absolute atomic E-state index is 0.602. The summed E-state index contributed by atoms with van der Waals surface area (Å²) in [5, 5.41) is 11.5. The van der Waals surface area contributed by atoms with Crippen molar-refractivity contribution in [1.82, 2.24) is 4.90 Å². The van der Waals surface area contributed by atoms with E-state index >= 15 is 0 Å². The molecule has 1 aliphatic heterocycles. The summed E-state index contributed by atoms with van der Waals surface area (Å²) >= 11 is 6.05. The minimum Gasteiger partial charge on any atom is -0.496 e. The predicted octanol–water partition coefficient (Wildman–Crippen LogP) is 2.74. The first kappa shape index (κ1) is 14.6. The summed E-state index contributed by atoms with van der Waals surface area (Å²) in [5.41, 5.74) is 0.338. The number of hydrogen-bond donors (Lipinski definition) is 1. The fourth-order valence-corrected chi connectivity index (χ4v) is 2.93. The van der Waals surface area contributed by atoms with Gasteiger partial charge in [-0.25, -0.2) is 0 Å². The van der Waals surface area contributed by atoms with E-state index < -0.39 is 5.60 Å². The topological polar surface area (TPSA) is 32.7 Å². The number of likely N-dealkylation sites (tertiary alicyclic amines) is 1. The Morgan fingerprint density at radius 3 is 2.89 bits per heavy atom. The third-order valence-electron chi connectivity index (χ3n) is 3.90. The van der Waals surface area contributed by atoms with Gasteiger partial charge in [0.2, 0.25) is 0 Å². The Labute approximate surface area is 120 Å². The zero-order chi connectivity index (χ0) is 13.9. The molecular weight excluding hydrogens is 262 g/mol. The lowest BCUT2D eigenvalue weighted by atomic mass is 9.87. The van der Waals surface area contributed by atoms with Crippen molar-refractivity contribution in [2.75, 3.05) is 27.2 Å². The van der Waals surface area contributed by atoms with Gasteiger partial charge in [0.15, 0.2) is 0 Å². The SMILES string of the molecule is COc1ccc(Cl)cc1CC1(O)CCCN(C)CC1. The van der Waals surface area contributed by atoms with Crippen molar-refractivity contribution in [3.63, 3.8) is 0 Å². The van der Waals surface area contributed by atoms with Gasteiger partial charge in [-0.2, -0.15) is 0 Å². The quantitative estimate of drug-likeness (QED) is 0.926. The van der Waals surface area contributed by atoms with E-state index in [9.17, 15) is 5.11 Å². The molecular formula is C15H22ClNO2. The Balaban J connectivity index is 2.17. The van der Waals surface area contributed by atoms with Crippen molar-refractivity contribution >= 4 is 11.6 Å².